The topological polar surface area (TPSA) is 80.8 Å². The predicted octanol–water partition coefficient (Wildman–Crippen LogP) is 4.17. The van der Waals surface area contributed by atoms with Crippen molar-refractivity contribution in [1.29, 1.82) is 5.26 Å². The van der Waals surface area contributed by atoms with Gasteiger partial charge in [0.1, 0.15) is 6.61 Å². The van der Waals surface area contributed by atoms with E-state index < -0.39 is 5.97 Å². The van der Waals surface area contributed by atoms with Crippen LogP contribution in [0, 0.1) is 18.3 Å². The first kappa shape index (κ1) is 18.4. The number of nitriles is 1. The first-order chi connectivity index (χ1) is 14.1. The van der Waals surface area contributed by atoms with Gasteiger partial charge in [-0.15, -0.1) is 0 Å². The molecular weight excluding hydrogens is 364 g/mol. The van der Waals surface area contributed by atoms with Crippen LogP contribution in [0.15, 0.2) is 60.8 Å². The van der Waals surface area contributed by atoms with Crippen molar-refractivity contribution in [1.82, 2.24) is 14.8 Å². The summed E-state index contributed by atoms with van der Waals surface area (Å²) in [6.07, 6.45) is 1.51. The van der Waals surface area contributed by atoms with E-state index in [9.17, 15) is 10.1 Å². The lowest BCUT2D eigenvalue weighted by atomic mass is 9.99. The Balaban J connectivity index is 1.47. The Kier molecular flexibility index (Phi) is 4.80. The number of pyridine rings is 1. The Bertz CT molecular complexity index is 1250. The normalized spacial score (nSPS) is 10.7. The van der Waals surface area contributed by atoms with Crippen molar-refractivity contribution in [2.75, 3.05) is 0 Å². The zero-order valence-corrected chi connectivity index (χ0v) is 16.1. The van der Waals surface area contributed by atoms with Crippen LogP contribution in [0.5, 0.6) is 0 Å². The highest BCUT2D eigenvalue weighted by molar-refractivity contribution is 5.93. The number of rotatable bonds is 4. The third-order valence-corrected chi connectivity index (χ3v) is 4.78. The summed E-state index contributed by atoms with van der Waals surface area (Å²) in [6.45, 7) is 2.04. The third-order valence-electron chi connectivity index (χ3n) is 4.78. The second-order valence-corrected chi connectivity index (χ2v) is 6.73. The number of aryl methyl sites for hydroxylation is 2. The largest absolute Gasteiger partial charge is 0.457 e. The zero-order valence-electron chi connectivity index (χ0n) is 16.1. The van der Waals surface area contributed by atoms with Gasteiger partial charge in [-0.2, -0.15) is 10.4 Å². The molecule has 0 atom stereocenters. The number of benzene rings is 2. The molecule has 2 aromatic carbocycles. The highest BCUT2D eigenvalue weighted by atomic mass is 16.5. The number of carbonyl (C=O) groups excluding carboxylic acids is 1. The fourth-order valence-electron chi connectivity index (χ4n) is 3.26. The van der Waals surface area contributed by atoms with Gasteiger partial charge in [0.05, 0.1) is 22.9 Å². The van der Waals surface area contributed by atoms with E-state index in [1.807, 2.05) is 56.4 Å². The lowest BCUT2D eigenvalue weighted by molar-refractivity contribution is 0.0472. The summed E-state index contributed by atoms with van der Waals surface area (Å²) in [5.74, 6) is -0.429. The van der Waals surface area contributed by atoms with Crippen LogP contribution in [0.2, 0.25) is 0 Å². The second kappa shape index (κ2) is 7.56. The number of ether oxygens (including phenoxy) is 1. The molecule has 2 heterocycles. The lowest BCUT2D eigenvalue weighted by Crippen LogP contribution is -2.06. The number of esters is 1. The van der Waals surface area contributed by atoms with E-state index in [0.29, 0.717) is 11.1 Å². The third kappa shape index (κ3) is 3.58. The zero-order chi connectivity index (χ0) is 20.4. The van der Waals surface area contributed by atoms with Gasteiger partial charge in [-0.1, -0.05) is 42.5 Å². The molecule has 0 bridgehead atoms. The van der Waals surface area contributed by atoms with Crippen molar-refractivity contribution in [3.8, 4) is 17.2 Å². The SMILES string of the molecule is Cc1nn(C)c2ncc(C(=O)OCc3ccc(-c4ccccc4C#N)cc3)cc12. The quantitative estimate of drug-likeness (QED) is 0.495. The summed E-state index contributed by atoms with van der Waals surface area (Å²) in [6, 6.07) is 19.0. The molecule has 0 unspecified atom stereocenters. The molecule has 0 saturated carbocycles. The van der Waals surface area contributed by atoms with Crippen molar-refractivity contribution in [2.24, 2.45) is 7.05 Å². The highest BCUT2D eigenvalue weighted by Gasteiger charge is 2.13. The van der Waals surface area contributed by atoms with Gasteiger partial charge in [-0.25, -0.2) is 9.78 Å². The number of carbonyl (C=O) groups is 1. The maximum Gasteiger partial charge on any atom is 0.340 e. The molecule has 0 aliphatic rings. The number of aromatic nitrogens is 3. The van der Waals surface area contributed by atoms with Crippen molar-refractivity contribution in [3.63, 3.8) is 0 Å². The van der Waals surface area contributed by atoms with Gasteiger partial charge in [0, 0.05) is 18.6 Å². The molecule has 0 fully saturated rings. The molecule has 6 heteroatoms. The number of hydrogen-bond acceptors (Lipinski definition) is 5. The van der Waals surface area contributed by atoms with Crippen LogP contribution in [0.25, 0.3) is 22.2 Å². The van der Waals surface area contributed by atoms with E-state index in [-0.39, 0.29) is 6.61 Å². The summed E-state index contributed by atoms with van der Waals surface area (Å²) in [4.78, 5) is 16.7. The summed E-state index contributed by atoms with van der Waals surface area (Å²) in [5.41, 5.74) is 5.26. The molecule has 0 saturated heterocycles. The van der Waals surface area contributed by atoms with Crippen LogP contribution < -0.4 is 0 Å². The van der Waals surface area contributed by atoms with E-state index in [2.05, 4.69) is 16.2 Å². The highest BCUT2D eigenvalue weighted by Crippen LogP contribution is 2.24. The Morgan fingerprint density at radius 3 is 2.69 bits per heavy atom. The number of nitrogens with zero attached hydrogens (tertiary/aromatic N) is 4. The average molecular weight is 382 g/mol. The van der Waals surface area contributed by atoms with Gasteiger partial charge >= 0.3 is 5.97 Å². The molecule has 0 N–H and O–H groups in total. The van der Waals surface area contributed by atoms with Crippen LogP contribution >= 0.6 is 0 Å². The fourth-order valence-corrected chi connectivity index (χ4v) is 3.26. The monoisotopic (exact) mass is 382 g/mol. The minimum absolute atomic E-state index is 0.156. The van der Waals surface area contributed by atoms with Crippen LogP contribution in [0.1, 0.15) is 27.2 Å². The van der Waals surface area contributed by atoms with E-state index in [1.54, 1.807) is 16.8 Å². The molecule has 4 aromatic rings. The summed E-state index contributed by atoms with van der Waals surface area (Å²) >= 11 is 0. The maximum atomic E-state index is 12.4. The molecule has 4 rings (SSSR count). The van der Waals surface area contributed by atoms with E-state index in [4.69, 9.17) is 4.74 Å². The van der Waals surface area contributed by atoms with Gasteiger partial charge < -0.3 is 4.74 Å². The molecular formula is C23H18N4O2. The first-order valence-electron chi connectivity index (χ1n) is 9.12. The molecule has 6 nitrogen and oxygen atoms in total. The van der Waals surface area contributed by atoms with E-state index >= 15 is 0 Å². The lowest BCUT2D eigenvalue weighted by Gasteiger charge is -2.07. The Morgan fingerprint density at radius 1 is 1.17 bits per heavy atom. The van der Waals surface area contributed by atoms with E-state index in [1.165, 1.54) is 6.20 Å². The molecule has 0 amide bonds. The first-order valence-corrected chi connectivity index (χ1v) is 9.12. The smallest absolute Gasteiger partial charge is 0.340 e. The Hall–Kier alpha value is -3.98. The molecule has 142 valence electrons. The molecule has 2 aromatic heterocycles. The minimum atomic E-state index is -0.429. The summed E-state index contributed by atoms with van der Waals surface area (Å²) < 4.78 is 7.13. The second-order valence-electron chi connectivity index (χ2n) is 6.73. The van der Waals surface area contributed by atoms with Crippen molar-refractivity contribution >= 4 is 17.0 Å². The summed E-state index contributed by atoms with van der Waals surface area (Å²) in [7, 11) is 1.82. The van der Waals surface area contributed by atoms with Crippen molar-refractivity contribution < 1.29 is 9.53 Å². The van der Waals surface area contributed by atoms with E-state index in [0.717, 1.165) is 33.4 Å². The molecule has 0 spiro atoms. The van der Waals surface area contributed by atoms with Crippen LogP contribution in [-0.2, 0) is 18.4 Å². The van der Waals surface area contributed by atoms with Gasteiger partial charge in [-0.05, 0) is 35.7 Å². The Labute approximate surface area is 168 Å². The summed E-state index contributed by atoms with van der Waals surface area (Å²) in [5, 5.41) is 14.4. The van der Waals surface area contributed by atoms with Gasteiger partial charge in [-0.3, -0.25) is 4.68 Å². The number of fused-ring (bicyclic) bond motifs is 1. The molecule has 29 heavy (non-hydrogen) atoms. The van der Waals surface area contributed by atoms with Crippen molar-refractivity contribution in [2.45, 2.75) is 13.5 Å². The van der Waals surface area contributed by atoms with Crippen LogP contribution in [-0.4, -0.2) is 20.7 Å². The Morgan fingerprint density at radius 2 is 1.93 bits per heavy atom. The van der Waals surface area contributed by atoms with Crippen molar-refractivity contribution in [3.05, 3.63) is 83.2 Å². The predicted molar refractivity (Wildman–Crippen MR) is 109 cm³/mol. The van der Waals surface area contributed by atoms with Gasteiger partial charge in [0.15, 0.2) is 5.65 Å². The standard InChI is InChI=1S/C23H18N4O2/c1-15-21-11-19(13-25-22(21)27(2)26-15)23(28)29-14-16-7-9-17(10-8-16)20-6-4-3-5-18(20)12-24/h3-11,13H,14H2,1-2H3. The maximum absolute atomic E-state index is 12.4. The fraction of sp³-hybridized carbons (Fsp3) is 0.130. The molecule has 0 aliphatic carbocycles. The molecule has 0 aliphatic heterocycles. The molecule has 0 radical (unpaired) electrons. The van der Waals surface area contributed by atoms with Crippen LogP contribution in [0.3, 0.4) is 0 Å². The van der Waals surface area contributed by atoms with Gasteiger partial charge in [0.2, 0.25) is 0 Å². The average Bonchev–Trinajstić information content (AvgIpc) is 3.05. The number of hydrogen-bond donors (Lipinski definition) is 0. The van der Waals surface area contributed by atoms with Crippen LogP contribution in [0.4, 0.5) is 0 Å². The minimum Gasteiger partial charge on any atom is -0.457 e. The van der Waals surface area contributed by atoms with Gasteiger partial charge in [0.25, 0.3) is 0 Å².